The summed E-state index contributed by atoms with van der Waals surface area (Å²) >= 11 is 0. The van der Waals surface area contributed by atoms with Crippen LogP contribution in [0.2, 0.25) is 0 Å². The molecule has 0 bridgehead atoms. The lowest BCUT2D eigenvalue weighted by atomic mass is 9.94. The highest BCUT2D eigenvalue weighted by Gasteiger charge is 2.24. The molecule has 24 heavy (non-hydrogen) atoms. The fourth-order valence-electron chi connectivity index (χ4n) is 2.58. The van der Waals surface area contributed by atoms with Crippen molar-refractivity contribution in [3.05, 3.63) is 65.7 Å². The van der Waals surface area contributed by atoms with E-state index in [1.54, 1.807) is 11.9 Å². The van der Waals surface area contributed by atoms with Crippen molar-refractivity contribution in [3.8, 4) is 5.75 Å². The first-order valence-corrected chi connectivity index (χ1v) is 8.24. The second-order valence-electron chi connectivity index (χ2n) is 6.15. The van der Waals surface area contributed by atoms with Gasteiger partial charge in [-0.15, -0.1) is 0 Å². The molecule has 0 heterocycles. The van der Waals surface area contributed by atoms with Gasteiger partial charge in [0.25, 0.3) is 0 Å². The van der Waals surface area contributed by atoms with E-state index in [9.17, 15) is 4.79 Å². The van der Waals surface area contributed by atoms with Crippen LogP contribution < -0.4 is 10.5 Å². The van der Waals surface area contributed by atoms with Gasteiger partial charge in [0.05, 0.1) is 12.5 Å². The first kappa shape index (κ1) is 18.0. The topological polar surface area (TPSA) is 55.6 Å². The Morgan fingerprint density at radius 1 is 1.17 bits per heavy atom. The second-order valence-corrected chi connectivity index (χ2v) is 6.15. The van der Waals surface area contributed by atoms with Gasteiger partial charge in [-0.05, 0) is 30.2 Å². The highest BCUT2D eigenvalue weighted by Crippen LogP contribution is 2.20. The van der Waals surface area contributed by atoms with Crippen LogP contribution in [0, 0.1) is 12.8 Å². The summed E-state index contributed by atoms with van der Waals surface area (Å²) in [7, 11) is 1.79. The van der Waals surface area contributed by atoms with E-state index in [0.717, 1.165) is 16.9 Å². The average Bonchev–Trinajstić information content (AvgIpc) is 2.60. The first-order chi connectivity index (χ1) is 11.5. The Bertz CT molecular complexity index is 658. The maximum absolute atomic E-state index is 12.5. The molecule has 0 saturated carbocycles. The van der Waals surface area contributed by atoms with Crippen molar-refractivity contribution in [1.29, 1.82) is 0 Å². The summed E-state index contributed by atoms with van der Waals surface area (Å²) in [4.78, 5) is 14.2. The molecular weight excluding hydrogens is 300 g/mol. The summed E-state index contributed by atoms with van der Waals surface area (Å²) in [6.07, 6.45) is 0. The molecule has 4 heteroatoms. The Balaban J connectivity index is 1.85. The maximum atomic E-state index is 12.5. The average molecular weight is 326 g/mol. The summed E-state index contributed by atoms with van der Waals surface area (Å²) in [6, 6.07) is 17.3. The number of ether oxygens (including phenoxy) is 1. The minimum absolute atomic E-state index is 0.0270. The molecule has 2 unspecified atom stereocenters. The zero-order chi connectivity index (χ0) is 17.5. The van der Waals surface area contributed by atoms with E-state index < -0.39 is 0 Å². The summed E-state index contributed by atoms with van der Waals surface area (Å²) in [5, 5.41) is 0. The molecule has 128 valence electrons. The molecule has 2 aromatic rings. The maximum Gasteiger partial charge on any atom is 0.227 e. The van der Waals surface area contributed by atoms with E-state index in [1.807, 2.05) is 68.4 Å². The largest absolute Gasteiger partial charge is 0.492 e. The molecule has 0 spiro atoms. The van der Waals surface area contributed by atoms with Crippen molar-refractivity contribution < 1.29 is 9.53 Å². The Kier molecular flexibility index (Phi) is 6.38. The third kappa shape index (κ3) is 4.83. The lowest BCUT2D eigenvalue weighted by Gasteiger charge is -2.25. The predicted octanol–water partition coefficient (Wildman–Crippen LogP) is 3.17. The summed E-state index contributed by atoms with van der Waals surface area (Å²) in [5.41, 5.74) is 8.36. The highest BCUT2D eigenvalue weighted by molar-refractivity contribution is 5.79. The van der Waals surface area contributed by atoms with E-state index in [1.165, 1.54) is 0 Å². The summed E-state index contributed by atoms with van der Waals surface area (Å²) < 4.78 is 5.71. The number of aryl methyl sites for hydroxylation is 1. The number of rotatable bonds is 7. The number of benzene rings is 2. The lowest BCUT2D eigenvalue weighted by Crippen LogP contribution is -2.39. The van der Waals surface area contributed by atoms with Crippen LogP contribution in [-0.4, -0.2) is 31.0 Å². The van der Waals surface area contributed by atoms with Crippen LogP contribution in [0.4, 0.5) is 0 Å². The fourth-order valence-corrected chi connectivity index (χ4v) is 2.58. The fraction of sp³-hybridized carbons (Fsp3) is 0.350. The van der Waals surface area contributed by atoms with Gasteiger partial charge in [0, 0.05) is 13.1 Å². The Hall–Kier alpha value is -2.33. The molecule has 0 saturated heterocycles. The first-order valence-electron chi connectivity index (χ1n) is 8.24. The van der Waals surface area contributed by atoms with E-state index in [0.29, 0.717) is 13.2 Å². The molecular formula is C20H26N2O2. The third-order valence-corrected chi connectivity index (χ3v) is 4.17. The number of likely N-dealkylation sites (N-methyl/N-ethyl adjacent to an activating group) is 1. The van der Waals surface area contributed by atoms with Crippen LogP contribution in [0.25, 0.3) is 0 Å². The van der Waals surface area contributed by atoms with Gasteiger partial charge in [0.2, 0.25) is 5.91 Å². The summed E-state index contributed by atoms with van der Waals surface area (Å²) in [5.74, 6) is 0.570. The number of carbonyl (C=O) groups is 1. The van der Waals surface area contributed by atoms with E-state index in [2.05, 4.69) is 0 Å². The zero-order valence-corrected chi connectivity index (χ0v) is 14.6. The van der Waals surface area contributed by atoms with Gasteiger partial charge in [0.15, 0.2) is 0 Å². The molecule has 1 amide bonds. The van der Waals surface area contributed by atoms with Crippen molar-refractivity contribution in [3.63, 3.8) is 0 Å². The van der Waals surface area contributed by atoms with E-state index in [-0.39, 0.29) is 17.9 Å². The zero-order valence-electron chi connectivity index (χ0n) is 14.6. The third-order valence-electron chi connectivity index (χ3n) is 4.17. The smallest absolute Gasteiger partial charge is 0.227 e. The minimum atomic E-state index is -0.307. The SMILES string of the molecule is Cc1cccc(OCCN(C)C(=O)C(C)C(N)c2ccccc2)c1. The second kappa shape index (κ2) is 8.50. The normalized spacial score (nSPS) is 13.2. The van der Waals surface area contributed by atoms with Crippen molar-refractivity contribution in [1.82, 2.24) is 4.90 Å². The van der Waals surface area contributed by atoms with Crippen LogP contribution in [0.1, 0.15) is 24.1 Å². The molecule has 0 aromatic heterocycles. The number of amides is 1. The van der Waals surface area contributed by atoms with Crippen molar-refractivity contribution in [2.45, 2.75) is 19.9 Å². The molecule has 2 atom stereocenters. The predicted molar refractivity (Wildman–Crippen MR) is 96.8 cm³/mol. The minimum Gasteiger partial charge on any atom is -0.492 e. The molecule has 0 aliphatic heterocycles. The van der Waals surface area contributed by atoms with Gasteiger partial charge in [-0.25, -0.2) is 0 Å². The van der Waals surface area contributed by atoms with Gasteiger partial charge in [-0.2, -0.15) is 0 Å². The van der Waals surface area contributed by atoms with Crippen LogP contribution in [-0.2, 0) is 4.79 Å². The standard InChI is InChI=1S/C20H26N2O2/c1-15-8-7-11-18(14-15)24-13-12-22(3)20(23)16(2)19(21)17-9-5-4-6-10-17/h4-11,14,16,19H,12-13,21H2,1-3H3. The Labute approximate surface area is 144 Å². The lowest BCUT2D eigenvalue weighted by molar-refractivity contribution is -0.134. The molecule has 2 rings (SSSR count). The number of hydrogen-bond acceptors (Lipinski definition) is 3. The van der Waals surface area contributed by atoms with E-state index in [4.69, 9.17) is 10.5 Å². The quantitative estimate of drug-likeness (QED) is 0.850. The summed E-state index contributed by atoms with van der Waals surface area (Å²) in [6.45, 7) is 4.88. The Morgan fingerprint density at radius 3 is 2.54 bits per heavy atom. The monoisotopic (exact) mass is 326 g/mol. The van der Waals surface area contributed by atoms with Crippen molar-refractivity contribution in [2.24, 2.45) is 11.7 Å². The van der Waals surface area contributed by atoms with Gasteiger partial charge < -0.3 is 15.4 Å². The van der Waals surface area contributed by atoms with Gasteiger partial charge >= 0.3 is 0 Å². The molecule has 4 nitrogen and oxygen atoms in total. The number of nitrogens with zero attached hydrogens (tertiary/aromatic N) is 1. The van der Waals surface area contributed by atoms with Crippen LogP contribution in [0.5, 0.6) is 5.75 Å². The van der Waals surface area contributed by atoms with Crippen LogP contribution in [0.15, 0.2) is 54.6 Å². The van der Waals surface area contributed by atoms with Crippen molar-refractivity contribution in [2.75, 3.05) is 20.2 Å². The number of hydrogen-bond donors (Lipinski definition) is 1. The van der Waals surface area contributed by atoms with Crippen LogP contribution in [0.3, 0.4) is 0 Å². The number of carbonyl (C=O) groups excluding carboxylic acids is 1. The molecule has 0 aliphatic rings. The van der Waals surface area contributed by atoms with Crippen LogP contribution >= 0.6 is 0 Å². The molecule has 0 aliphatic carbocycles. The van der Waals surface area contributed by atoms with Gasteiger partial charge in [0.1, 0.15) is 12.4 Å². The van der Waals surface area contributed by atoms with Gasteiger partial charge in [-0.3, -0.25) is 4.79 Å². The van der Waals surface area contributed by atoms with E-state index >= 15 is 0 Å². The van der Waals surface area contributed by atoms with Crippen molar-refractivity contribution >= 4 is 5.91 Å². The molecule has 0 radical (unpaired) electrons. The molecule has 2 N–H and O–H groups in total. The Morgan fingerprint density at radius 2 is 1.88 bits per heavy atom. The highest BCUT2D eigenvalue weighted by atomic mass is 16.5. The molecule has 0 fully saturated rings. The van der Waals surface area contributed by atoms with Gasteiger partial charge in [-0.1, -0.05) is 49.4 Å². The molecule has 2 aromatic carbocycles. The number of nitrogens with two attached hydrogens (primary N) is 1.